The highest BCUT2D eigenvalue weighted by atomic mass is 16.5. The number of hydrogen-bond donors (Lipinski definition) is 0. The maximum absolute atomic E-state index is 11.3. The highest BCUT2D eigenvalue weighted by Gasteiger charge is 2.10. The first kappa shape index (κ1) is 25.4. The number of carbonyl (C=O) groups is 1. The Labute approximate surface area is 168 Å². The Bertz CT molecular complexity index is 457. The van der Waals surface area contributed by atoms with Gasteiger partial charge < -0.3 is 4.74 Å². The van der Waals surface area contributed by atoms with Gasteiger partial charge in [-0.15, -0.1) is 0 Å². The van der Waals surface area contributed by atoms with E-state index >= 15 is 0 Å². The second kappa shape index (κ2) is 19.2. The molecule has 0 aromatic rings. The molecule has 2 atom stereocenters. The molecule has 0 fully saturated rings. The normalized spacial score (nSPS) is 14.7. The van der Waals surface area contributed by atoms with Crippen LogP contribution < -0.4 is 0 Å². The molecule has 27 heavy (non-hydrogen) atoms. The van der Waals surface area contributed by atoms with Crippen molar-refractivity contribution in [3.63, 3.8) is 0 Å². The number of methoxy groups -OCH3 is 1. The Morgan fingerprint density at radius 2 is 1.41 bits per heavy atom. The third-order valence-electron chi connectivity index (χ3n) is 4.66. The van der Waals surface area contributed by atoms with Gasteiger partial charge in [-0.3, -0.25) is 4.79 Å². The number of allylic oxidation sites excluding steroid dienone is 8. The van der Waals surface area contributed by atoms with Crippen LogP contribution in [0.25, 0.3) is 0 Å². The molecule has 2 unspecified atom stereocenters. The second-order valence-corrected chi connectivity index (χ2v) is 7.38. The highest BCUT2D eigenvalue weighted by molar-refractivity contribution is 5.71. The van der Waals surface area contributed by atoms with Crippen molar-refractivity contribution in [1.82, 2.24) is 0 Å². The van der Waals surface area contributed by atoms with E-state index in [1.807, 2.05) is 6.92 Å². The zero-order valence-electron chi connectivity index (χ0n) is 18.2. The van der Waals surface area contributed by atoms with Crippen LogP contribution in [0.4, 0.5) is 0 Å². The van der Waals surface area contributed by atoms with E-state index in [1.54, 1.807) is 0 Å². The van der Waals surface area contributed by atoms with Crippen molar-refractivity contribution >= 4 is 5.97 Å². The van der Waals surface area contributed by atoms with Crippen molar-refractivity contribution in [2.75, 3.05) is 7.11 Å². The molecular formula is C25H42O2. The maximum atomic E-state index is 11.3. The van der Waals surface area contributed by atoms with Crippen molar-refractivity contribution in [3.05, 3.63) is 48.6 Å². The molecule has 0 saturated heterocycles. The van der Waals surface area contributed by atoms with Crippen LogP contribution in [0.5, 0.6) is 0 Å². The first-order valence-electron chi connectivity index (χ1n) is 10.8. The number of unbranched alkanes of at least 4 members (excludes halogenated alkanes) is 3. The van der Waals surface area contributed by atoms with Crippen LogP contribution in [-0.2, 0) is 9.53 Å². The summed E-state index contributed by atoms with van der Waals surface area (Å²) >= 11 is 0. The molecule has 0 aromatic carbocycles. The van der Waals surface area contributed by atoms with Crippen LogP contribution in [0.15, 0.2) is 48.6 Å². The van der Waals surface area contributed by atoms with Gasteiger partial charge in [0.25, 0.3) is 0 Å². The highest BCUT2D eigenvalue weighted by Crippen LogP contribution is 2.12. The third kappa shape index (κ3) is 17.6. The molecule has 0 aliphatic rings. The molecule has 0 spiro atoms. The van der Waals surface area contributed by atoms with Gasteiger partial charge >= 0.3 is 5.97 Å². The molecule has 0 aliphatic heterocycles. The summed E-state index contributed by atoms with van der Waals surface area (Å²) in [6.45, 7) is 6.49. The fraction of sp³-hybridized carbons (Fsp3) is 0.640. The lowest BCUT2D eigenvalue weighted by molar-refractivity contribution is -0.144. The molecule has 0 heterocycles. The summed E-state index contributed by atoms with van der Waals surface area (Å²) in [6, 6.07) is 0. The lowest BCUT2D eigenvalue weighted by atomic mass is 10.0. The average molecular weight is 375 g/mol. The first-order chi connectivity index (χ1) is 13.1. The van der Waals surface area contributed by atoms with Crippen molar-refractivity contribution in [1.29, 1.82) is 0 Å². The van der Waals surface area contributed by atoms with Crippen molar-refractivity contribution in [2.24, 2.45) is 11.8 Å². The molecule has 0 aromatic heterocycles. The molecule has 0 saturated carbocycles. The zero-order valence-corrected chi connectivity index (χ0v) is 18.2. The molecular weight excluding hydrogens is 332 g/mol. The van der Waals surface area contributed by atoms with Gasteiger partial charge in [-0.1, -0.05) is 95.1 Å². The molecule has 154 valence electrons. The summed E-state index contributed by atoms with van der Waals surface area (Å²) in [5, 5.41) is 0. The summed E-state index contributed by atoms with van der Waals surface area (Å²) < 4.78 is 4.72. The lowest BCUT2D eigenvalue weighted by Crippen LogP contribution is -2.11. The van der Waals surface area contributed by atoms with E-state index in [0.717, 1.165) is 32.1 Å². The largest absolute Gasteiger partial charge is 0.469 e. The third-order valence-corrected chi connectivity index (χ3v) is 4.66. The summed E-state index contributed by atoms with van der Waals surface area (Å²) in [5.41, 5.74) is 0. The maximum Gasteiger partial charge on any atom is 0.308 e. The van der Waals surface area contributed by atoms with E-state index in [-0.39, 0.29) is 11.9 Å². The SMILES string of the molecule is CCCCCCC(C)/C=C\C/C=C\C/C=C\C/C=C\CCC(C)C(=O)OC. The average Bonchev–Trinajstić information content (AvgIpc) is 2.67. The van der Waals surface area contributed by atoms with Gasteiger partial charge in [0.05, 0.1) is 13.0 Å². The van der Waals surface area contributed by atoms with Crippen LogP contribution >= 0.6 is 0 Å². The minimum atomic E-state index is -0.119. The lowest BCUT2D eigenvalue weighted by Gasteiger charge is -2.05. The predicted molar refractivity (Wildman–Crippen MR) is 119 cm³/mol. The molecule has 0 N–H and O–H groups in total. The van der Waals surface area contributed by atoms with E-state index in [2.05, 4.69) is 62.5 Å². The van der Waals surface area contributed by atoms with Crippen LogP contribution in [0.1, 0.15) is 85.0 Å². The van der Waals surface area contributed by atoms with Crippen LogP contribution in [-0.4, -0.2) is 13.1 Å². The van der Waals surface area contributed by atoms with Gasteiger partial charge in [0, 0.05) is 0 Å². The van der Waals surface area contributed by atoms with E-state index in [1.165, 1.54) is 39.2 Å². The molecule has 0 rings (SSSR count). The van der Waals surface area contributed by atoms with Gasteiger partial charge in [0.2, 0.25) is 0 Å². The predicted octanol–water partition coefficient (Wildman–Crippen LogP) is 7.58. The van der Waals surface area contributed by atoms with E-state index in [4.69, 9.17) is 4.74 Å². The van der Waals surface area contributed by atoms with Gasteiger partial charge in [0.1, 0.15) is 0 Å². The van der Waals surface area contributed by atoms with E-state index in [0.29, 0.717) is 5.92 Å². The number of carbonyl (C=O) groups excluding carboxylic acids is 1. The Balaban J connectivity index is 3.63. The van der Waals surface area contributed by atoms with Gasteiger partial charge in [-0.2, -0.15) is 0 Å². The van der Waals surface area contributed by atoms with Crippen molar-refractivity contribution < 1.29 is 9.53 Å². The summed E-state index contributed by atoms with van der Waals surface area (Å²) in [7, 11) is 1.44. The van der Waals surface area contributed by atoms with Crippen LogP contribution in [0.3, 0.4) is 0 Å². The Hall–Kier alpha value is -1.57. The topological polar surface area (TPSA) is 26.3 Å². The Kier molecular flexibility index (Phi) is 18.1. The minimum Gasteiger partial charge on any atom is -0.469 e. The number of ether oxygens (including phenoxy) is 1. The molecule has 0 radical (unpaired) electrons. The summed E-state index contributed by atoms with van der Waals surface area (Å²) in [4.78, 5) is 11.3. The minimum absolute atomic E-state index is 0.0153. The fourth-order valence-corrected chi connectivity index (χ4v) is 2.80. The zero-order chi connectivity index (χ0) is 20.2. The van der Waals surface area contributed by atoms with Crippen molar-refractivity contribution in [2.45, 2.75) is 85.0 Å². The number of hydrogen-bond acceptors (Lipinski definition) is 2. The molecule has 2 nitrogen and oxygen atoms in total. The number of rotatable bonds is 16. The molecule has 0 amide bonds. The number of esters is 1. The van der Waals surface area contributed by atoms with Gasteiger partial charge in [-0.05, 0) is 44.4 Å². The molecule has 0 bridgehead atoms. The Morgan fingerprint density at radius 1 is 0.815 bits per heavy atom. The monoisotopic (exact) mass is 374 g/mol. The first-order valence-corrected chi connectivity index (χ1v) is 10.8. The summed E-state index contributed by atoms with van der Waals surface area (Å²) in [6.07, 6.45) is 29.3. The van der Waals surface area contributed by atoms with Gasteiger partial charge in [-0.25, -0.2) is 0 Å². The van der Waals surface area contributed by atoms with Crippen molar-refractivity contribution in [3.8, 4) is 0 Å². The van der Waals surface area contributed by atoms with E-state index < -0.39 is 0 Å². The van der Waals surface area contributed by atoms with E-state index in [9.17, 15) is 4.79 Å². The fourth-order valence-electron chi connectivity index (χ4n) is 2.80. The Morgan fingerprint density at radius 3 is 2.00 bits per heavy atom. The van der Waals surface area contributed by atoms with Gasteiger partial charge in [0.15, 0.2) is 0 Å². The standard InChI is InChI=1S/C25H42O2/c1-5-6-7-17-20-23(2)21-18-15-13-11-9-8-10-12-14-16-19-22-24(3)25(26)27-4/h8,10-11,13-14,16,18,21,23-24H,5-7,9,12,15,17,19-20,22H2,1-4H3/b10-8-,13-11-,16-14-,21-18-. The van der Waals surface area contributed by atoms with Crippen LogP contribution in [0.2, 0.25) is 0 Å². The quantitative estimate of drug-likeness (QED) is 0.158. The van der Waals surface area contributed by atoms with Crippen LogP contribution in [0, 0.1) is 11.8 Å². The molecule has 0 aliphatic carbocycles. The summed E-state index contributed by atoms with van der Waals surface area (Å²) in [5.74, 6) is 0.572. The molecule has 2 heteroatoms. The second-order valence-electron chi connectivity index (χ2n) is 7.38. The smallest absolute Gasteiger partial charge is 0.308 e.